The van der Waals surface area contributed by atoms with Crippen LogP contribution in [0.5, 0.6) is 5.75 Å². The first-order valence-corrected chi connectivity index (χ1v) is 20.7. The number of para-hydroxylation sites is 1. The van der Waals surface area contributed by atoms with Gasteiger partial charge in [-0.3, -0.25) is 14.6 Å². The molecule has 1 spiro atoms. The van der Waals surface area contributed by atoms with Crippen LogP contribution in [0.1, 0.15) is 80.9 Å². The normalized spacial score (nSPS) is 41.8. The number of aliphatic hydroxyl groups is 3. The number of carbonyl (C=O) groups is 2. The van der Waals surface area contributed by atoms with Gasteiger partial charge >= 0.3 is 11.9 Å². The van der Waals surface area contributed by atoms with E-state index in [0.717, 1.165) is 35.5 Å². The average molecular weight is 771 g/mol. The predicted molar refractivity (Wildman–Crippen MR) is 211 cm³/mol. The van der Waals surface area contributed by atoms with Gasteiger partial charge in [0.1, 0.15) is 17.6 Å². The number of esters is 2. The molecule has 0 amide bonds. The molecule has 1 aliphatic carbocycles. The number of methoxy groups -OCH3 is 3. The van der Waals surface area contributed by atoms with Crippen molar-refractivity contribution in [3.05, 3.63) is 65.2 Å². The van der Waals surface area contributed by atoms with E-state index in [1.54, 1.807) is 7.11 Å². The van der Waals surface area contributed by atoms with Crippen molar-refractivity contribution >= 4 is 23.3 Å². The number of nitrogens with one attached hydrogen (secondary N) is 1. The highest BCUT2D eigenvalue weighted by atomic mass is 16.5. The molecule has 7 aliphatic rings. The van der Waals surface area contributed by atoms with Crippen LogP contribution in [-0.2, 0) is 24.5 Å². The second-order valence-corrected chi connectivity index (χ2v) is 17.7. The Hall–Kier alpha value is -3.68. The van der Waals surface area contributed by atoms with Crippen LogP contribution in [0.4, 0.5) is 11.4 Å². The van der Waals surface area contributed by atoms with Crippen molar-refractivity contribution in [2.24, 2.45) is 17.3 Å². The van der Waals surface area contributed by atoms with Gasteiger partial charge < -0.3 is 39.7 Å². The summed E-state index contributed by atoms with van der Waals surface area (Å²) in [6.07, 6.45) is 6.43. The smallest absolute Gasteiger partial charge is 0.342 e. The lowest BCUT2D eigenvalue weighted by atomic mass is 9.47. The van der Waals surface area contributed by atoms with Crippen LogP contribution >= 0.6 is 0 Å². The summed E-state index contributed by atoms with van der Waals surface area (Å²) in [5, 5.41) is 41.2. The maximum atomic E-state index is 14.6. The van der Waals surface area contributed by atoms with E-state index in [-0.39, 0.29) is 29.9 Å². The van der Waals surface area contributed by atoms with Gasteiger partial charge in [0.25, 0.3) is 0 Å². The van der Waals surface area contributed by atoms with Gasteiger partial charge in [0, 0.05) is 84.4 Å². The zero-order valence-electron chi connectivity index (χ0n) is 33.5. The van der Waals surface area contributed by atoms with Crippen LogP contribution in [0.2, 0.25) is 0 Å². The molecule has 1 saturated carbocycles. The fourth-order valence-corrected chi connectivity index (χ4v) is 13.6. The van der Waals surface area contributed by atoms with Gasteiger partial charge in [-0.1, -0.05) is 44.2 Å². The number of piperidine rings is 1. The van der Waals surface area contributed by atoms with Crippen molar-refractivity contribution in [3.63, 3.8) is 0 Å². The lowest BCUT2D eigenvalue weighted by Gasteiger charge is -2.63. The van der Waals surface area contributed by atoms with E-state index in [0.29, 0.717) is 57.5 Å². The maximum absolute atomic E-state index is 14.6. The molecule has 2 aromatic rings. The summed E-state index contributed by atoms with van der Waals surface area (Å²) in [4.78, 5) is 35.2. The Bertz CT molecular complexity index is 1960. The van der Waals surface area contributed by atoms with E-state index >= 15 is 0 Å². The number of likely N-dealkylation sites (N-methyl/N-ethyl adjacent to an activating group) is 1. The number of ether oxygens (including phenoxy) is 3. The molecule has 4 fully saturated rings. The number of benzene rings is 2. The van der Waals surface area contributed by atoms with E-state index in [1.165, 1.54) is 19.8 Å². The molecule has 56 heavy (non-hydrogen) atoms. The number of fused-ring (bicyclic) bond motifs is 6. The topological polar surface area (TPSA) is 144 Å². The Balaban J connectivity index is 1.30. The van der Waals surface area contributed by atoms with E-state index in [1.807, 2.05) is 44.0 Å². The van der Waals surface area contributed by atoms with E-state index in [9.17, 15) is 24.9 Å². The molecule has 6 unspecified atom stereocenters. The van der Waals surface area contributed by atoms with Gasteiger partial charge in [-0.25, -0.2) is 4.79 Å². The van der Waals surface area contributed by atoms with Crippen molar-refractivity contribution in [3.8, 4) is 5.75 Å². The molecular weight excluding hydrogens is 713 g/mol. The summed E-state index contributed by atoms with van der Waals surface area (Å²) in [6, 6.07) is 11.4. The standard InChI is InChI=1S/C44H58N4O8/c1-7-41-16-11-19-47-21-18-43(37(41)47)29-22-28(32(54-4)23-31(29)46(3)38(43)44(53,39(41)50)40(51)56-6)34-33(36(49)55-5)25-14-17-42(52,8-2)48(24-25)20-15-27-26-12-9-10-13-30(26)45-35(27)34/h9-13,16,22-23,25,27,33-35,37-39,45,50,52-53H,7-8,14-15,17-21,24H2,1-6H3/t25-,27?,33+,34+,35?,37?,38?,39-,41-,42+,43?,44+/m1/s1. The maximum Gasteiger partial charge on any atom is 0.342 e. The Morgan fingerprint density at radius 2 is 1.75 bits per heavy atom. The summed E-state index contributed by atoms with van der Waals surface area (Å²) in [7, 11) is 6.29. The number of rotatable bonds is 6. The highest BCUT2D eigenvalue weighted by Crippen LogP contribution is 2.67. The third-order valence-electron chi connectivity index (χ3n) is 16.0. The quantitative estimate of drug-likeness (QED) is 0.251. The minimum atomic E-state index is -2.26. The summed E-state index contributed by atoms with van der Waals surface area (Å²) >= 11 is 0. The zero-order chi connectivity index (χ0) is 39.5. The Morgan fingerprint density at radius 1 is 0.964 bits per heavy atom. The number of anilines is 2. The first kappa shape index (κ1) is 37.9. The molecule has 0 radical (unpaired) electrons. The summed E-state index contributed by atoms with van der Waals surface area (Å²) in [5.41, 5.74) is -0.0160. The number of hydrogen-bond donors (Lipinski definition) is 4. The fraction of sp³-hybridized carbons (Fsp3) is 0.636. The monoisotopic (exact) mass is 770 g/mol. The van der Waals surface area contributed by atoms with E-state index in [4.69, 9.17) is 14.2 Å². The third kappa shape index (κ3) is 4.70. The molecular formula is C44H58N4O8. The molecule has 12 heteroatoms. The fourth-order valence-electron chi connectivity index (χ4n) is 13.6. The Kier molecular flexibility index (Phi) is 8.91. The lowest BCUT2D eigenvalue weighted by molar-refractivity contribution is -0.218. The molecule has 6 heterocycles. The average Bonchev–Trinajstić information content (AvgIpc) is 3.88. The Labute approximate surface area is 329 Å². The minimum absolute atomic E-state index is 0.0165. The molecule has 0 aromatic heterocycles. The van der Waals surface area contributed by atoms with Crippen molar-refractivity contribution in [2.75, 3.05) is 64.8 Å². The highest BCUT2D eigenvalue weighted by molar-refractivity contribution is 5.86. The van der Waals surface area contributed by atoms with Crippen molar-refractivity contribution in [1.29, 1.82) is 0 Å². The summed E-state index contributed by atoms with van der Waals surface area (Å²) in [6.45, 7) is 6.74. The van der Waals surface area contributed by atoms with Crippen LogP contribution in [0.15, 0.2) is 48.6 Å². The van der Waals surface area contributed by atoms with E-state index < -0.39 is 52.1 Å². The van der Waals surface area contributed by atoms with Crippen LogP contribution in [0.25, 0.3) is 0 Å². The van der Waals surface area contributed by atoms with Crippen LogP contribution in [0, 0.1) is 17.3 Å². The first-order chi connectivity index (χ1) is 26.9. The predicted octanol–water partition coefficient (Wildman–Crippen LogP) is 3.74. The lowest BCUT2D eigenvalue weighted by Crippen LogP contribution is -2.80. The van der Waals surface area contributed by atoms with Gasteiger partial charge in [0.05, 0.1) is 33.3 Å². The van der Waals surface area contributed by atoms with Crippen molar-refractivity contribution in [2.45, 2.75) is 105 Å². The second-order valence-electron chi connectivity index (χ2n) is 17.7. The van der Waals surface area contributed by atoms with Gasteiger partial charge in [-0.05, 0) is 74.2 Å². The van der Waals surface area contributed by atoms with Crippen molar-refractivity contribution in [1.82, 2.24) is 9.80 Å². The molecule has 6 aliphatic heterocycles. The number of aliphatic hydroxyl groups excluding tert-OH is 1. The first-order valence-electron chi connectivity index (χ1n) is 20.7. The molecule has 13 atom stereocenters. The SMILES string of the molecule is CC[C@]1(O)CC[C@@H]2CN1CCC1c3ccccc3NC1[C@@H](c1cc3c(cc1OC)N(C)C1C34CCN3CC=C[C@](CC)(C34)[C@@H](O)[C@]1(O)C(=O)OC)[C@H]2C(=O)OC. The van der Waals surface area contributed by atoms with Gasteiger partial charge in [-0.2, -0.15) is 0 Å². The van der Waals surface area contributed by atoms with Crippen LogP contribution in [0.3, 0.4) is 0 Å². The molecule has 2 bridgehead atoms. The zero-order valence-corrected chi connectivity index (χ0v) is 33.5. The highest BCUT2D eigenvalue weighted by Gasteiger charge is 2.79. The number of hydrogen-bond acceptors (Lipinski definition) is 12. The molecule has 12 nitrogen and oxygen atoms in total. The molecule has 3 saturated heterocycles. The molecule has 302 valence electrons. The van der Waals surface area contributed by atoms with Crippen LogP contribution in [-0.4, -0.2) is 127 Å². The van der Waals surface area contributed by atoms with Gasteiger partial charge in [0.15, 0.2) is 0 Å². The van der Waals surface area contributed by atoms with Gasteiger partial charge in [0.2, 0.25) is 5.60 Å². The number of carbonyl (C=O) groups excluding carboxylic acids is 2. The Morgan fingerprint density at radius 3 is 2.46 bits per heavy atom. The largest absolute Gasteiger partial charge is 0.496 e. The summed E-state index contributed by atoms with van der Waals surface area (Å²) in [5.74, 6) is -1.61. The summed E-state index contributed by atoms with van der Waals surface area (Å²) < 4.78 is 17.5. The third-order valence-corrected chi connectivity index (χ3v) is 16.0. The molecule has 4 N–H and O–H groups in total. The molecule has 9 rings (SSSR count). The van der Waals surface area contributed by atoms with Crippen LogP contribution < -0.4 is 15.0 Å². The van der Waals surface area contributed by atoms with Gasteiger partial charge in [-0.15, -0.1) is 0 Å². The van der Waals surface area contributed by atoms with E-state index in [2.05, 4.69) is 45.5 Å². The molecule has 2 aromatic carbocycles. The number of nitrogens with zero attached hydrogens (tertiary/aromatic N) is 3. The van der Waals surface area contributed by atoms with Crippen molar-refractivity contribution < 1.29 is 39.1 Å². The second kappa shape index (κ2) is 13.2. The minimum Gasteiger partial charge on any atom is -0.496 e.